The van der Waals surface area contributed by atoms with Gasteiger partial charge in [0.2, 0.25) is 0 Å². The predicted octanol–water partition coefficient (Wildman–Crippen LogP) is 5.03. The molecular formula is C14H16ClO5PS. The van der Waals surface area contributed by atoms with Crippen molar-refractivity contribution in [1.29, 1.82) is 0 Å². The second-order valence-electron chi connectivity index (χ2n) is 4.36. The number of aryl methyl sites for hydroxylation is 1. The van der Waals surface area contributed by atoms with Crippen LogP contribution in [0.4, 0.5) is 0 Å². The van der Waals surface area contributed by atoms with Crippen LogP contribution in [0, 0.1) is 6.92 Å². The Bertz CT molecular complexity index is 779. The molecule has 8 heteroatoms. The third-order valence-corrected chi connectivity index (χ3v) is 7.14. The molecule has 22 heavy (non-hydrogen) atoms. The molecule has 0 bridgehead atoms. The van der Waals surface area contributed by atoms with E-state index in [2.05, 4.69) is 0 Å². The van der Waals surface area contributed by atoms with Crippen molar-refractivity contribution in [2.24, 2.45) is 0 Å². The van der Waals surface area contributed by atoms with Crippen LogP contribution in [0.15, 0.2) is 27.4 Å². The Morgan fingerprint density at radius 2 is 2.09 bits per heavy atom. The Labute approximate surface area is 137 Å². The normalized spacial score (nSPS) is 14.0. The molecule has 1 heterocycles. The number of hydrogen-bond donors (Lipinski definition) is 0. The fraction of sp³-hybridized carbons (Fsp3) is 0.357. The van der Waals surface area contributed by atoms with Crippen molar-refractivity contribution >= 4 is 40.7 Å². The number of fused-ring (bicyclic) bond motifs is 1. The summed E-state index contributed by atoms with van der Waals surface area (Å²) in [5.41, 5.74) is 0.351. The topological polar surface area (TPSA) is 65.7 Å². The summed E-state index contributed by atoms with van der Waals surface area (Å²) in [5, 5.41) is 0.758. The van der Waals surface area contributed by atoms with Gasteiger partial charge in [0.05, 0.1) is 6.61 Å². The van der Waals surface area contributed by atoms with Crippen LogP contribution >= 0.6 is 29.8 Å². The van der Waals surface area contributed by atoms with Crippen molar-refractivity contribution in [3.05, 3.63) is 39.2 Å². The molecular weight excluding hydrogens is 347 g/mol. The highest BCUT2D eigenvalue weighted by molar-refractivity contribution is 8.55. The lowest BCUT2D eigenvalue weighted by Gasteiger charge is -2.17. The second-order valence-corrected chi connectivity index (χ2v) is 9.03. The van der Waals surface area contributed by atoms with Crippen LogP contribution in [0.2, 0.25) is 5.02 Å². The van der Waals surface area contributed by atoms with Crippen LogP contribution in [0.1, 0.15) is 19.4 Å². The number of halogens is 1. The predicted molar refractivity (Wildman–Crippen MR) is 90.2 cm³/mol. The van der Waals surface area contributed by atoms with E-state index < -0.39 is 12.4 Å². The molecule has 1 unspecified atom stereocenters. The molecule has 0 N–H and O–H groups in total. The van der Waals surface area contributed by atoms with E-state index >= 15 is 0 Å². The van der Waals surface area contributed by atoms with Gasteiger partial charge in [-0.2, -0.15) is 0 Å². The number of hydrogen-bond acceptors (Lipinski definition) is 6. The monoisotopic (exact) mass is 362 g/mol. The first-order valence-electron chi connectivity index (χ1n) is 6.72. The van der Waals surface area contributed by atoms with E-state index in [1.165, 1.54) is 6.07 Å². The maximum Gasteiger partial charge on any atom is 0.440 e. The van der Waals surface area contributed by atoms with Crippen molar-refractivity contribution in [2.45, 2.75) is 20.8 Å². The summed E-state index contributed by atoms with van der Waals surface area (Å²) in [4.78, 5) is 11.6. The highest BCUT2D eigenvalue weighted by Crippen LogP contribution is 2.59. The van der Waals surface area contributed by atoms with Crippen LogP contribution in [0.25, 0.3) is 11.0 Å². The van der Waals surface area contributed by atoms with Gasteiger partial charge < -0.3 is 8.94 Å². The third kappa shape index (κ3) is 3.69. The Hall–Kier alpha value is -0.940. The SMILES string of the molecule is CCOP(=O)(Oc1ccc2c(C)c(Cl)c(=O)oc2c1)SCC. The van der Waals surface area contributed by atoms with Gasteiger partial charge in [-0.3, -0.25) is 4.52 Å². The molecule has 0 amide bonds. The molecule has 1 aromatic heterocycles. The van der Waals surface area contributed by atoms with Gasteiger partial charge in [0.15, 0.2) is 0 Å². The summed E-state index contributed by atoms with van der Waals surface area (Å²) >= 11 is 6.99. The first kappa shape index (κ1) is 17.4. The summed E-state index contributed by atoms with van der Waals surface area (Å²) in [7, 11) is 0. The minimum atomic E-state index is -3.28. The van der Waals surface area contributed by atoms with Crippen molar-refractivity contribution < 1.29 is 18.0 Å². The van der Waals surface area contributed by atoms with Gasteiger partial charge in [0.25, 0.3) is 0 Å². The maximum absolute atomic E-state index is 12.5. The molecule has 2 aromatic rings. The van der Waals surface area contributed by atoms with Crippen LogP contribution in [0.3, 0.4) is 0 Å². The van der Waals surface area contributed by atoms with Crippen LogP contribution < -0.4 is 10.1 Å². The maximum atomic E-state index is 12.5. The number of rotatable bonds is 6. The lowest BCUT2D eigenvalue weighted by atomic mass is 10.1. The first-order valence-corrected chi connectivity index (χ1v) is 10.2. The third-order valence-electron chi connectivity index (χ3n) is 2.86. The summed E-state index contributed by atoms with van der Waals surface area (Å²) in [5.74, 6) is 0.907. The van der Waals surface area contributed by atoms with E-state index in [9.17, 15) is 9.36 Å². The van der Waals surface area contributed by atoms with E-state index in [1.807, 2.05) is 6.92 Å². The molecule has 1 atom stereocenters. The molecule has 0 fully saturated rings. The molecule has 0 aliphatic carbocycles. The summed E-state index contributed by atoms with van der Waals surface area (Å²) < 4.78 is 28.4. The number of benzene rings is 1. The van der Waals surface area contributed by atoms with Crippen molar-refractivity contribution in [1.82, 2.24) is 0 Å². The summed E-state index contributed by atoms with van der Waals surface area (Å²) in [6.45, 7) is 2.35. The molecule has 0 spiro atoms. The van der Waals surface area contributed by atoms with E-state index in [0.29, 0.717) is 28.0 Å². The Morgan fingerprint density at radius 3 is 2.73 bits per heavy atom. The molecule has 0 saturated carbocycles. The second kappa shape index (κ2) is 7.09. The van der Waals surface area contributed by atoms with Gasteiger partial charge in [-0.05, 0) is 42.9 Å². The minimum Gasteiger partial charge on any atom is -0.421 e. The zero-order valence-corrected chi connectivity index (χ0v) is 14.9. The molecule has 2 rings (SSSR count). The fourth-order valence-electron chi connectivity index (χ4n) is 1.90. The lowest BCUT2D eigenvalue weighted by molar-refractivity contribution is 0.296. The summed E-state index contributed by atoms with van der Waals surface area (Å²) in [6, 6.07) is 4.87. The Balaban J connectivity index is 2.43. The Morgan fingerprint density at radius 1 is 1.36 bits per heavy atom. The zero-order valence-electron chi connectivity index (χ0n) is 12.4. The van der Waals surface area contributed by atoms with Gasteiger partial charge in [-0.15, -0.1) is 0 Å². The standard InChI is InChI=1S/C14H16ClO5PS/c1-4-18-21(17,22-5-2)20-10-6-7-11-9(3)13(15)14(16)19-12(11)8-10/h6-8H,4-5H2,1-3H3. The zero-order chi connectivity index (χ0) is 16.3. The summed E-state index contributed by atoms with van der Waals surface area (Å²) in [6.07, 6.45) is 0. The van der Waals surface area contributed by atoms with Crippen molar-refractivity contribution in [3.63, 3.8) is 0 Å². The van der Waals surface area contributed by atoms with Crippen molar-refractivity contribution in [3.8, 4) is 5.75 Å². The van der Waals surface area contributed by atoms with Crippen molar-refractivity contribution in [2.75, 3.05) is 12.4 Å². The average Bonchev–Trinajstić information content (AvgIpc) is 2.45. The van der Waals surface area contributed by atoms with Gasteiger partial charge in [-0.1, -0.05) is 18.5 Å². The van der Waals surface area contributed by atoms with Crippen LogP contribution in [-0.2, 0) is 9.09 Å². The molecule has 0 aliphatic heterocycles. The smallest absolute Gasteiger partial charge is 0.421 e. The first-order chi connectivity index (χ1) is 10.4. The van der Waals surface area contributed by atoms with Crippen LogP contribution in [0.5, 0.6) is 5.75 Å². The molecule has 1 aromatic carbocycles. The van der Waals surface area contributed by atoms with E-state index in [-0.39, 0.29) is 11.6 Å². The molecule has 120 valence electrons. The highest BCUT2D eigenvalue weighted by atomic mass is 35.5. The quantitative estimate of drug-likeness (QED) is 0.530. The van der Waals surface area contributed by atoms with Gasteiger partial charge >= 0.3 is 12.4 Å². The fourth-order valence-corrected chi connectivity index (χ4v) is 5.13. The Kier molecular flexibility index (Phi) is 5.61. The van der Waals surface area contributed by atoms with E-state index in [1.54, 1.807) is 26.0 Å². The average molecular weight is 363 g/mol. The van der Waals surface area contributed by atoms with Gasteiger partial charge in [0.1, 0.15) is 16.4 Å². The van der Waals surface area contributed by atoms with E-state index in [4.69, 9.17) is 25.1 Å². The largest absolute Gasteiger partial charge is 0.440 e. The lowest BCUT2D eigenvalue weighted by Crippen LogP contribution is -2.02. The molecule has 0 saturated heterocycles. The molecule has 0 radical (unpaired) electrons. The molecule has 0 aliphatic rings. The van der Waals surface area contributed by atoms with Gasteiger partial charge in [-0.25, -0.2) is 9.36 Å². The van der Waals surface area contributed by atoms with Crippen LogP contribution in [-0.4, -0.2) is 12.4 Å². The molecule has 5 nitrogen and oxygen atoms in total. The highest BCUT2D eigenvalue weighted by Gasteiger charge is 2.26. The minimum absolute atomic E-state index is 0.0581. The van der Waals surface area contributed by atoms with Gasteiger partial charge in [0, 0.05) is 17.2 Å². The van der Waals surface area contributed by atoms with E-state index in [0.717, 1.165) is 11.4 Å².